The first kappa shape index (κ1) is 14.3. The van der Waals surface area contributed by atoms with Gasteiger partial charge in [0.1, 0.15) is 5.01 Å². The summed E-state index contributed by atoms with van der Waals surface area (Å²) in [5.74, 6) is -0.146. The van der Waals surface area contributed by atoms with Gasteiger partial charge in [-0.15, -0.1) is 11.3 Å². The molecule has 1 aromatic heterocycles. The molecule has 4 nitrogen and oxygen atoms in total. The van der Waals surface area contributed by atoms with Gasteiger partial charge in [-0.05, 0) is 37.6 Å². The van der Waals surface area contributed by atoms with Crippen LogP contribution < -0.4 is 11.1 Å². The van der Waals surface area contributed by atoms with Crippen molar-refractivity contribution < 1.29 is 4.79 Å². The van der Waals surface area contributed by atoms with Crippen molar-refractivity contribution in [3.05, 3.63) is 52.0 Å². The Morgan fingerprint density at radius 1 is 1.50 bits per heavy atom. The number of carbonyl (C=O) groups excluding carboxylic acids is 1. The summed E-state index contributed by atoms with van der Waals surface area (Å²) in [4.78, 5) is 17.2. The van der Waals surface area contributed by atoms with Crippen molar-refractivity contribution in [2.45, 2.75) is 19.9 Å². The minimum atomic E-state index is -0.146. The Morgan fingerprint density at radius 2 is 2.30 bits per heavy atom. The molecule has 0 saturated carbocycles. The largest absolute Gasteiger partial charge is 0.399 e. The zero-order valence-corrected chi connectivity index (χ0v) is 12.3. The van der Waals surface area contributed by atoms with Crippen LogP contribution in [-0.2, 0) is 4.79 Å². The fourth-order valence-corrected chi connectivity index (χ4v) is 2.51. The van der Waals surface area contributed by atoms with Crippen molar-refractivity contribution in [1.82, 2.24) is 10.3 Å². The number of nitrogens with one attached hydrogen (secondary N) is 1. The average Bonchev–Trinajstić information content (AvgIpc) is 2.83. The fraction of sp³-hybridized carbons (Fsp3) is 0.200. The normalized spacial score (nSPS) is 12.5. The Labute approximate surface area is 122 Å². The lowest BCUT2D eigenvalue weighted by Gasteiger charge is -2.08. The zero-order chi connectivity index (χ0) is 14.5. The summed E-state index contributed by atoms with van der Waals surface area (Å²) in [7, 11) is 0. The van der Waals surface area contributed by atoms with E-state index in [0.717, 1.165) is 15.4 Å². The monoisotopic (exact) mass is 287 g/mol. The lowest BCUT2D eigenvalue weighted by Crippen LogP contribution is -2.24. The molecule has 104 valence electrons. The topological polar surface area (TPSA) is 68.0 Å². The van der Waals surface area contributed by atoms with E-state index in [4.69, 9.17) is 5.73 Å². The molecule has 1 atom stereocenters. The number of nitrogen functional groups attached to an aromatic ring is 1. The molecule has 0 bridgehead atoms. The number of nitrogens with two attached hydrogens (primary N) is 1. The molecule has 0 spiro atoms. The number of thiazole rings is 1. The summed E-state index contributed by atoms with van der Waals surface area (Å²) >= 11 is 1.59. The number of hydrogen-bond acceptors (Lipinski definition) is 4. The summed E-state index contributed by atoms with van der Waals surface area (Å²) in [5.41, 5.74) is 7.26. The van der Waals surface area contributed by atoms with Gasteiger partial charge in [0, 0.05) is 22.8 Å². The van der Waals surface area contributed by atoms with Crippen molar-refractivity contribution in [3.8, 4) is 0 Å². The van der Waals surface area contributed by atoms with Crippen LogP contribution in [0.15, 0.2) is 36.5 Å². The third-order valence-corrected chi connectivity index (χ3v) is 3.80. The lowest BCUT2D eigenvalue weighted by molar-refractivity contribution is -0.117. The Bertz CT molecular complexity index is 634. The number of benzene rings is 1. The number of aromatic nitrogens is 1. The quantitative estimate of drug-likeness (QED) is 0.671. The molecule has 1 heterocycles. The third kappa shape index (κ3) is 3.93. The average molecular weight is 287 g/mol. The van der Waals surface area contributed by atoms with Crippen LogP contribution >= 0.6 is 11.3 Å². The van der Waals surface area contributed by atoms with E-state index < -0.39 is 0 Å². The lowest BCUT2D eigenvalue weighted by atomic mass is 10.2. The van der Waals surface area contributed by atoms with Gasteiger partial charge in [0.2, 0.25) is 5.91 Å². The molecule has 3 N–H and O–H groups in total. The minimum Gasteiger partial charge on any atom is -0.399 e. The maximum absolute atomic E-state index is 11.8. The fourth-order valence-electron chi connectivity index (χ4n) is 1.73. The smallest absolute Gasteiger partial charge is 0.244 e. The zero-order valence-electron chi connectivity index (χ0n) is 11.5. The minimum absolute atomic E-state index is 0.0910. The molecule has 0 saturated heterocycles. The second kappa shape index (κ2) is 6.34. The summed E-state index contributed by atoms with van der Waals surface area (Å²) in [6, 6.07) is 7.29. The number of aryl methyl sites for hydroxylation is 1. The number of rotatable bonds is 4. The summed E-state index contributed by atoms with van der Waals surface area (Å²) < 4.78 is 0. The van der Waals surface area contributed by atoms with E-state index >= 15 is 0 Å². The Morgan fingerprint density at radius 3 is 2.95 bits per heavy atom. The van der Waals surface area contributed by atoms with Crippen molar-refractivity contribution in [3.63, 3.8) is 0 Å². The molecular weight excluding hydrogens is 270 g/mol. The van der Waals surface area contributed by atoms with Crippen LogP contribution in [0.2, 0.25) is 0 Å². The molecule has 0 aliphatic rings. The first-order valence-corrected chi connectivity index (χ1v) is 7.12. The number of nitrogens with zero attached hydrogens (tertiary/aromatic N) is 1. The standard InChI is InChI=1S/C15H17N3OS/c1-10-9-17-15(20-10)11(2)18-14(19)7-6-12-4-3-5-13(16)8-12/h3-9,11H,16H2,1-2H3,(H,18,19)/b7-6+. The highest BCUT2D eigenvalue weighted by Gasteiger charge is 2.10. The Balaban J connectivity index is 1.95. The summed E-state index contributed by atoms with van der Waals surface area (Å²) in [6.07, 6.45) is 5.06. The van der Waals surface area contributed by atoms with Crippen molar-refractivity contribution >= 4 is 29.0 Å². The molecule has 0 aliphatic heterocycles. The van der Waals surface area contributed by atoms with Crippen LogP contribution in [0.25, 0.3) is 6.08 Å². The van der Waals surface area contributed by atoms with Crippen LogP contribution in [0.3, 0.4) is 0 Å². The van der Waals surface area contributed by atoms with Crippen molar-refractivity contribution in [2.24, 2.45) is 0 Å². The molecule has 5 heteroatoms. The van der Waals surface area contributed by atoms with Crippen LogP contribution in [0.5, 0.6) is 0 Å². The molecule has 1 unspecified atom stereocenters. The summed E-state index contributed by atoms with van der Waals surface area (Å²) in [5, 5.41) is 3.80. The molecule has 2 aromatic rings. The Kier molecular flexibility index (Phi) is 4.53. The number of amides is 1. The van der Waals surface area contributed by atoms with E-state index in [9.17, 15) is 4.79 Å². The van der Waals surface area contributed by atoms with E-state index in [1.807, 2.05) is 44.3 Å². The van der Waals surface area contributed by atoms with Gasteiger partial charge in [0.05, 0.1) is 6.04 Å². The van der Waals surface area contributed by atoms with Gasteiger partial charge in [0.15, 0.2) is 0 Å². The van der Waals surface area contributed by atoms with Crippen LogP contribution in [0, 0.1) is 6.92 Å². The van der Waals surface area contributed by atoms with E-state index in [-0.39, 0.29) is 11.9 Å². The van der Waals surface area contributed by atoms with E-state index in [0.29, 0.717) is 5.69 Å². The molecule has 1 aromatic carbocycles. The Hall–Kier alpha value is -2.14. The maximum atomic E-state index is 11.8. The molecule has 1 amide bonds. The first-order valence-electron chi connectivity index (χ1n) is 6.31. The van der Waals surface area contributed by atoms with Crippen LogP contribution in [-0.4, -0.2) is 10.9 Å². The molecule has 0 fully saturated rings. The van der Waals surface area contributed by atoms with Crippen molar-refractivity contribution in [2.75, 3.05) is 5.73 Å². The summed E-state index contributed by atoms with van der Waals surface area (Å²) in [6.45, 7) is 3.92. The number of hydrogen-bond donors (Lipinski definition) is 2. The molecule has 0 aliphatic carbocycles. The van der Waals surface area contributed by atoms with Gasteiger partial charge in [0.25, 0.3) is 0 Å². The van der Waals surface area contributed by atoms with Crippen LogP contribution in [0.4, 0.5) is 5.69 Å². The SMILES string of the molecule is Cc1cnc(C(C)NC(=O)/C=C/c2cccc(N)c2)s1. The van der Waals surface area contributed by atoms with E-state index in [1.54, 1.807) is 17.4 Å². The van der Waals surface area contributed by atoms with Crippen LogP contribution in [0.1, 0.15) is 28.4 Å². The number of anilines is 1. The van der Waals surface area contributed by atoms with E-state index in [2.05, 4.69) is 10.3 Å². The van der Waals surface area contributed by atoms with Gasteiger partial charge in [-0.3, -0.25) is 4.79 Å². The maximum Gasteiger partial charge on any atom is 0.244 e. The predicted octanol–water partition coefficient (Wildman–Crippen LogP) is 2.92. The highest BCUT2D eigenvalue weighted by molar-refractivity contribution is 7.11. The van der Waals surface area contributed by atoms with E-state index in [1.165, 1.54) is 6.08 Å². The van der Waals surface area contributed by atoms with Gasteiger partial charge >= 0.3 is 0 Å². The third-order valence-electron chi connectivity index (χ3n) is 2.71. The van der Waals surface area contributed by atoms with Gasteiger partial charge < -0.3 is 11.1 Å². The molecule has 20 heavy (non-hydrogen) atoms. The highest BCUT2D eigenvalue weighted by Crippen LogP contribution is 2.18. The number of carbonyl (C=O) groups is 1. The molecule has 2 rings (SSSR count). The van der Waals surface area contributed by atoms with Crippen molar-refractivity contribution in [1.29, 1.82) is 0 Å². The van der Waals surface area contributed by atoms with Gasteiger partial charge in [-0.2, -0.15) is 0 Å². The molecular formula is C15H17N3OS. The second-order valence-electron chi connectivity index (χ2n) is 4.54. The van der Waals surface area contributed by atoms with Gasteiger partial charge in [-0.1, -0.05) is 12.1 Å². The second-order valence-corrected chi connectivity index (χ2v) is 5.81. The highest BCUT2D eigenvalue weighted by atomic mass is 32.1. The van der Waals surface area contributed by atoms with Gasteiger partial charge in [-0.25, -0.2) is 4.98 Å². The first-order chi connectivity index (χ1) is 9.54. The molecule has 0 radical (unpaired) electrons. The predicted molar refractivity (Wildman–Crippen MR) is 83.3 cm³/mol.